The monoisotopic (exact) mass is 183 g/mol. The van der Waals surface area contributed by atoms with Gasteiger partial charge in [-0.1, -0.05) is 0 Å². The Morgan fingerprint density at radius 2 is 1.89 bits per heavy atom. The topological polar surface area (TPSA) is 12.0 Å². The molecule has 0 unspecified atom stereocenters. The molecule has 0 aromatic heterocycles. The Bertz CT molecular complexity index is 58.2. The third-order valence-corrected chi connectivity index (χ3v) is 1.61. The van der Waals surface area contributed by atoms with E-state index in [-0.39, 0.29) is 4.58 Å². The molecule has 1 N–H and O–H groups in total. The first-order chi connectivity index (χ1) is 4.27. The van der Waals surface area contributed by atoms with Gasteiger partial charge in [0.05, 0.1) is 0 Å². The van der Waals surface area contributed by atoms with E-state index in [1.54, 1.807) is 0 Å². The van der Waals surface area contributed by atoms with Gasteiger partial charge in [-0.2, -0.15) is 37.9 Å². The van der Waals surface area contributed by atoms with E-state index in [0.29, 0.717) is 0 Å². The van der Waals surface area contributed by atoms with Crippen LogP contribution in [0.3, 0.4) is 0 Å². The third kappa shape index (κ3) is 9.01. The number of thiol groups is 3. The first-order valence-corrected chi connectivity index (χ1v) is 4.61. The van der Waals surface area contributed by atoms with Gasteiger partial charge in [0.2, 0.25) is 0 Å². The molecule has 0 aromatic rings. The summed E-state index contributed by atoms with van der Waals surface area (Å²) in [5, 5.41) is 3.19. The fourth-order valence-corrected chi connectivity index (χ4v) is 0.852. The van der Waals surface area contributed by atoms with Crippen LogP contribution in [0.1, 0.15) is 6.42 Å². The molecule has 9 heavy (non-hydrogen) atoms. The van der Waals surface area contributed by atoms with Gasteiger partial charge in [-0.15, -0.1) is 0 Å². The summed E-state index contributed by atoms with van der Waals surface area (Å²) < 4.78 is 0.206. The van der Waals surface area contributed by atoms with E-state index in [4.69, 9.17) is 0 Å². The van der Waals surface area contributed by atoms with Gasteiger partial charge in [-0.25, -0.2) is 0 Å². The summed E-state index contributed by atoms with van der Waals surface area (Å²) in [4.78, 5) is 0. The number of rotatable bonds is 5. The van der Waals surface area contributed by atoms with E-state index in [0.717, 1.165) is 25.3 Å². The van der Waals surface area contributed by atoms with Crippen LogP contribution in [0.15, 0.2) is 0 Å². The number of hydrogen-bond donors (Lipinski definition) is 4. The van der Waals surface area contributed by atoms with Gasteiger partial charge in [-0.05, 0) is 13.0 Å². The average molecular weight is 183 g/mol. The Kier molecular flexibility index (Phi) is 7.92. The van der Waals surface area contributed by atoms with Crippen molar-refractivity contribution in [2.75, 3.05) is 18.8 Å². The van der Waals surface area contributed by atoms with Gasteiger partial charge in [0.1, 0.15) is 0 Å². The number of nitrogens with one attached hydrogen (secondary N) is 1. The molecule has 4 heteroatoms. The quantitative estimate of drug-likeness (QED) is 0.284. The molecule has 0 fully saturated rings. The predicted molar refractivity (Wildman–Crippen MR) is 53.1 cm³/mol. The molecule has 0 atom stereocenters. The molecule has 0 saturated heterocycles. The van der Waals surface area contributed by atoms with Crippen molar-refractivity contribution in [1.29, 1.82) is 0 Å². The minimum absolute atomic E-state index is 0.206. The molecule has 0 aliphatic carbocycles. The van der Waals surface area contributed by atoms with Crippen LogP contribution in [0.5, 0.6) is 0 Å². The fraction of sp³-hybridized carbons (Fsp3) is 1.00. The van der Waals surface area contributed by atoms with Crippen LogP contribution >= 0.6 is 37.9 Å². The second-order valence-electron chi connectivity index (χ2n) is 1.74. The SMILES string of the molecule is SCCNCCC(S)S. The highest BCUT2D eigenvalue weighted by molar-refractivity contribution is 7.99. The van der Waals surface area contributed by atoms with Crippen LogP contribution in [0, 0.1) is 0 Å². The molecule has 56 valence electrons. The van der Waals surface area contributed by atoms with E-state index in [9.17, 15) is 0 Å². The van der Waals surface area contributed by atoms with Crippen molar-refractivity contribution in [2.45, 2.75) is 11.0 Å². The molecule has 0 saturated carbocycles. The van der Waals surface area contributed by atoms with Gasteiger partial charge in [-0.3, -0.25) is 0 Å². The van der Waals surface area contributed by atoms with Crippen LogP contribution in [0.2, 0.25) is 0 Å². The van der Waals surface area contributed by atoms with Crippen molar-refractivity contribution in [3.05, 3.63) is 0 Å². The molecule has 0 bridgehead atoms. The standard InChI is InChI=1S/C5H13NS3/c7-4-3-6-2-1-5(8)9/h5-9H,1-4H2. The van der Waals surface area contributed by atoms with Crippen molar-refractivity contribution < 1.29 is 0 Å². The summed E-state index contributed by atoms with van der Waals surface area (Å²) in [6, 6.07) is 0. The highest BCUT2D eigenvalue weighted by Crippen LogP contribution is 2.02. The fourth-order valence-electron chi connectivity index (χ4n) is 0.435. The van der Waals surface area contributed by atoms with Crippen molar-refractivity contribution >= 4 is 37.9 Å². The Hall–Kier alpha value is 1.01. The van der Waals surface area contributed by atoms with Crippen LogP contribution < -0.4 is 5.32 Å². The van der Waals surface area contributed by atoms with E-state index in [2.05, 4.69) is 43.2 Å². The minimum atomic E-state index is 0.206. The number of hydrogen-bond acceptors (Lipinski definition) is 4. The first-order valence-electron chi connectivity index (χ1n) is 2.95. The van der Waals surface area contributed by atoms with Crippen molar-refractivity contribution in [1.82, 2.24) is 5.32 Å². The molecule has 0 heterocycles. The molecule has 0 aliphatic heterocycles. The van der Waals surface area contributed by atoms with E-state index in [1.165, 1.54) is 0 Å². The average Bonchev–Trinajstić information content (AvgIpc) is 1.80. The highest BCUT2D eigenvalue weighted by Gasteiger charge is 1.92. The smallest absolute Gasteiger partial charge is 0.0454 e. The second-order valence-corrected chi connectivity index (χ2v) is 3.84. The third-order valence-electron chi connectivity index (χ3n) is 0.868. The lowest BCUT2D eigenvalue weighted by molar-refractivity contribution is 0.705. The van der Waals surface area contributed by atoms with E-state index in [1.807, 2.05) is 0 Å². The zero-order valence-electron chi connectivity index (χ0n) is 5.25. The van der Waals surface area contributed by atoms with Gasteiger partial charge < -0.3 is 5.32 Å². The molecule has 0 rings (SSSR count). The molecule has 0 aliphatic rings. The first kappa shape index (κ1) is 10.0. The van der Waals surface area contributed by atoms with Crippen LogP contribution in [-0.4, -0.2) is 23.4 Å². The van der Waals surface area contributed by atoms with Crippen molar-refractivity contribution in [2.24, 2.45) is 0 Å². The summed E-state index contributed by atoms with van der Waals surface area (Å²) in [6.45, 7) is 1.95. The maximum absolute atomic E-state index is 4.11. The minimum Gasteiger partial charge on any atom is -0.316 e. The molecule has 0 aromatic carbocycles. The van der Waals surface area contributed by atoms with Crippen molar-refractivity contribution in [3.8, 4) is 0 Å². The lowest BCUT2D eigenvalue weighted by Crippen LogP contribution is -2.19. The normalized spacial score (nSPS) is 10.7. The predicted octanol–water partition coefficient (Wildman–Crippen LogP) is 1.08. The molecular formula is C5H13NS3. The van der Waals surface area contributed by atoms with Crippen LogP contribution in [-0.2, 0) is 0 Å². The molecule has 1 nitrogen and oxygen atoms in total. The van der Waals surface area contributed by atoms with Crippen LogP contribution in [0.4, 0.5) is 0 Å². The zero-order valence-corrected chi connectivity index (χ0v) is 7.93. The molecule has 0 spiro atoms. The van der Waals surface area contributed by atoms with Gasteiger partial charge in [0, 0.05) is 16.9 Å². The summed E-state index contributed by atoms with van der Waals surface area (Å²) >= 11 is 12.3. The van der Waals surface area contributed by atoms with Gasteiger partial charge in [0.15, 0.2) is 0 Å². The van der Waals surface area contributed by atoms with Crippen LogP contribution in [0.25, 0.3) is 0 Å². The summed E-state index contributed by atoms with van der Waals surface area (Å²) in [6.07, 6.45) is 1.00. The molecular weight excluding hydrogens is 170 g/mol. The Morgan fingerprint density at radius 1 is 1.22 bits per heavy atom. The maximum atomic E-state index is 4.11. The Morgan fingerprint density at radius 3 is 2.33 bits per heavy atom. The van der Waals surface area contributed by atoms with Gasteiger partial charge in [0.25, 0.3) is 0 Å². The maximum Gasteiger partial charge on any atom is 0.0454 e. The summed E-state index contributed by atoms with van der Waals surface area (Å²) in [5.41, 5.74) is 0. The highest BCUT2D eigenvalue weighted by atomic mass is 32.2. The van der Waals surface area contributed by atoms with E-state index >= 15 is 0 Å². The molecule has 0 radical (unpaired) electrons. The lowest BCUT2D eigenvalue weighted by atomic mass is 10.5. The molecule has 0 amide bonds. The lowest BCUT2D eigenvalue weighted by Gasteiger charge is -2.03. The van der Waals surface area contributed by atoms with Crippen molar-refractivity contribution in [3.63, 3.8) is 0 Å². The second kappa shape index (κ2) is 7.12. The zero-order chi connectivity index (χ0) is 7.11. The summed E-state index contributed by atoms with van der Waals surface area (Å²) in [7, 11) is 0. The van der Waals surface area contributed by atoms with E-state index < -0.39 is 0 Å². The Labute approximate surface area is 73.2 Å². The summed E-state index contributed by atoms with van der Waals surface area (Å²) in [5.74, 6) is 0.893. The largest absolute Gasteiger partial charge is 0.316 e. The van der Waals surface area contributed by atoms with Gasteiger partial charge >= 0.3 is 0 Å². The Balaban J connectivity index is 2.75.